The highest BCUT2D eigenvalue weighted by molar-refractivity contribution is 5.78. The molecule has 2 N–H and O–H groups in total. The number of amides is 1. The zero-order valence-electron chi connectivity index (χ0n) is 20.6. The molecule has 0 unspecified atom stereocenters. The second-order valence-corrected chi connectivity index (χ2v) is 9.02. The zero-order valence-corrected chi connectivity index (χ0v) is 20.6. The van der Waals surface area contributed by atoms with Crippen molar-refractivity contribution in [3.63, 3.8) is 0 Å². The number of nitrogens with one attached hydrogen (secondary N) is 2. The van der Waals surface area contributed by atoms with E-state index < -0.39 is 5.69 Å². The van der Waals surface area contributed by atoms with Crippen LogP contribution in [0.15, 0.2) is 39.9 Å². The van der Waals surface area contributed by atoms with Crippen LogP contribution >= 0.6 is 0 Å². The maximum atomic E-state index is 12.6. The van der Waals surface area contributed by atoms with Crippen molar-refractivity contribution < 1.29 is 4.79 Å². The quantitative estimate of drug-likeness (QED) is 0.450. The second kappa shape index (κ2) is 11.5. The number of hydrogen-bond acceptors (Lipinski definition) is 6. The number of rotatable bonds is 10. The Hall–Kier alpha value is -3.24. The summed E-state index contributed by atoms with van der Waals surface area (Å²) in [6, 6.07) is 9.89. The molecule has 3 aromatic rings. The van der Waals surface area contributed by atoms with Gasteiger partial charge < -0.3 is 9.88 Å². The van der Waals surface area contributed by atoms with Gasteiger partial charge in [0.05, 0.1) is 13.1 Å². The summed E-state index contributed by atoms with van der Waals surface area (Å²) in [5.74, 6) is 0.817. The van der Waals surface area contributed by atoms with E-state index in [1.54, 1.807) is 4.57 Å². The topological polar surface area (TPSA) is 108 Å². The summed E-state index contributed by atoms with van der Waals surface area (Å²) in [6.07, 6.45) is 1.79. The first kappa shape index (κ1) is 24.9. The molecule has 1 aliphatic rings. The van der Waals surface area contributed by atoms with Crippen molar-refractivity contribution in [1.29, 1.82) is 0 Å². The first-order chi connectivity index (χ1) is 17.0. The lowest BCUT2D eigenvalue weighted by molar-refractivity contribution is -0.122. The third-order valence-electron chi connectivity index (χ3n) is 6.55. The van der Waals surface area contributed by atoms with Gasteiger partial charge in [-0.05, 0) is 18.9 Å². The number of piperazine rings is 1. The first-order valence-corrected chi connectivity index (χ1v) is 12.5. The molecule has 35 heavy (non-hydrogen) atoms. The highest BCUT2D eigenvalue weighted by atomic mass is 16.2. The predicted molar refractivity (Wildman–Crippen MR) is 135 cm³/mol. The zero-order chi connectivity index (χ0) is 24.8. The Morgan fingerprint density at radius 3 is 2.43 bits per heavy atom. The lowest BCUT2D eigenvalue weighted by Crippen LogP contribution is -2.49. The third-order valence-corrected chi connectivity index (χ3v) is 6.55. The number of unbranched alkanes of at least 4 members (excludes halogenated alkanes) is 1. The van der Waals surface area contributed by atoms with Gasteiger partial charge in [0.15, 0.2) is 11.2 Å². The first-order valence-electron chi connectivity index (χ1n) is 12.5. The largest absolute Gasteiger partial charge is 0.351 e. The highest BCUT2D eigenvalue weighted by Gasteiger charge is 2.23. The number of fused-ring (bicyclic) bond motifs is 1. The second-order valence-electron chi connectivity index (χ2n) is 9.02. The van der Waals surface area contributed by atoms with E-state index in [1.165, 1.54) is 0 Å². The number of imidazole rings is 1. The third kappa shape index (κ3) is 5.88. The van der Waals surface area contributed by atoms with Gasteiger partial charge in [-0.25, -0.2) is 9.78 Å². The number of aryl methyl sites for hydroxylation is 2. The number of carbonyl (C=O) groups excluding carboxylic acids is 1. The number of H-pyrrole nitrogens is 1. The van der Waals surface area contributed by atoms with Gasteiger partial charge in [0, 0.05) is 45.8 Å². The van der Waals surface area contributed by atoms with Crippen molar-refractivity contribution in [2.75, 3.05) is 32.7 Å². The molecule has 4 rings (SSSR count). The minimum absolute atomic E-state index is 0.0272. The lowest BCUT2D eigenvalue weighted by atomic mass is 10.2. The smallest absolute Gasteiger partial charge is 0.330 e. The molecular formula is C25H35N7O3. The van der Waals surface area contributed by atoms with E-state index in [9.17, 15) is 14.4 Å². The maximum Gasteiger partial charge on any atom is 0.330 e. The number of carbonyl (C=O) groups is 1. The SMILES string of the molecule is CCCCn1c(=O)[nH]c(=O)c2c1nc(CN1CCN(CC(=O)NCc3ccccc3)CC1)n2CC. The van der Waals surface area contributed by atoms with E-state index >= 15 is 0 Å². The summed E-state index contributed by atoms with van der Waals surface area (Å²) < 4.78 is 3.50. The molecule has 0 radical (unpaired) electrons. The van der Waals surface area contributed by atoms with Gasteiger partial charge in [-0.15, -0.1) is 0 Å². The van der Waals surface area contributed by atoms with E-state index in [4.69, 9.17) is 4.98 Å². The number of benzene rings is 1. The van der Waals surface area contributed by atoms with Crippen molar-refractivity contribution >= 4 is 17.1 Å². The van der Waals surface area contributed by atoms with E-state index in [1.807, 2.05) is 41.8 Å². The van der Waals surface area contributed by atoms with Crippen molar-refractivity contribution in [1.82, 2.24) is 34.2 Å². The number of hydrogen-bond donors (Lipinski definition) is 2. The number of nitrogens with zero attached hydrogens (tertiary/aromatic N) is 5. The molecule has 0 aliphatic carbocycles. The van der Waals surface area contributed by atoms with E-state index in [-0.39, 0.29) is 11.5 Å². The Labute approximate surface area is 204 Å². The van der Waals surface area contributed by atoms with Crippen LogP contribution in [0.25, 0.3) is 11.2 Å². The molecule has 0 bridgehead atoms. The van der Waals surface area contributed by atoms with Gasteiger partial charge in [0.2, 0.25) is 5.91 Å². The van der Waals surface area contributed by atoms with Gasteiger partial charge in [-0.2, -0.15) is 0 Å². The van der Waals surface area contributed by atoms with E-state index in [0.29, 0.717) is 43.9 Å². The van der Waals surface area contributed by atoms with Gasteiger partial charge in [0.1, 0.15) is 5.82 Å². The fourth-order valence-corrected chi connectivity index (χ4v) is 4.56. The summed E-state index contributed by atoms with van der Waals surface area (Å²) in [6.45, 7) is 9.88. The van der Waals surface area contributed by atoms with Crippen LogP contribution in [0.3, 0.4) is 0 Å². The fourth-order valence-electron chi connectivity index (χ4n) is 4.56. The van der Waals surface area contributed by atoms with Crippen LogP contribution in [0.5, 0.6) is 0 Å². The molecule has 1 aliphatic heterocycles. The Bertz CT molecular complexity index is 1250. The molecule has 0 spiro atoms. The minimum atomic E-state index is -0.401. The fraction of sp³-hybridized carbons (Fsp3) is 0.520. The Balaban J connectivity index is 1.38. The molecule has 3 heterocycles. The molecule has 10 nitrogen and oxygen atoms in total. The van der Waals surface area contributed by atoms with Crippen molar-refractivity contribution in [3.8, 4) is 0 Å². The van der Waals surface area contributed by atoms with Gasteiger partial charge >= 0.3 is 5.69 Å². The molecule has 1 fully saturated rings. The summed E-state index contributed by atoms with van der Waals surface area (Å²) >= 11 is 0. The lowest BCUT2D eigenvalue weighted by Gasteiger charge is -2.34. The van der Waals surface area contributed by atoms with Crippen LogP contribution in [0.2, 0.25) is 0 Å². The highest BCUT2D eigenvalue weighted by Crippen LogP contribution is 2.15. The van der Waals surface area contributed by atoms with Crippen LogP contribution in [0, 0.1) is 0 Å². The normalized spacial score (nSPS) is 15.0. The average molecular weight is 482 g/mol. The monoisotopic (exact) mass is 481 g/mol. The molecule has 188 valence electrons. The van der Waals surface area contributed by atoms with E-state index in [0.717, 1.165) is 50.4 Å². The van der Waals surface area contributed by atoms with Crippen LogP contribution in [0.1, 0.15) is 38.1 Å². The molecule has 0 saturated carbocycles. The average Bonchev–Trinajstić information content (AvgIpc) is 3.23. The number of aromatic amines is 1. The van der Waals surface area contributed by atoms with Gasteiger partial charge in [-0.1, -0.05) is 43.7 Å². The molecule has 0 atom stereocenters. The summed E-state index contributed by atoms with van der Waals surface area (Å²) in [5, 5.41) is 2.99. The summed E-state index contributed by atoms with van der Waals surface area (Å²) in [4.78, 5) is 49.1. The van der Waals surface area contributed by atoms with Crippen molar-refractivity contribution in [2.45, 2.75) is 52.9 Å². The molecular weight excluding hydrogens is 446 g/mol. The van der Waals surface area contributed by atoms with Gasteiger partial charge in [0.25, 0.3) is 5.56 Å². The molecule has 2 aromatic heterocycles. The number of aromatic nitrogens is 4. The molecule has 1 saturated heterocycles. The van der Waals surface area contributed by atoms with Crippen LogP contribution < -0.4 is 16.6 Å². The predicted octanol–water partition coefficient (Wildman–Crippen LogP) is 1.14. The Morgan fingerprint density at radius 1 is 1.03 bits per heavy atom. The molecule has 10 heteroatoms. The summed E-state index contributed by atoms with van der Waals surface area (Å²) in [7, 11) is 0. The van der Waals surface area contributed by atoms with Crippen LogP contribution in [-0.2, 0) is 31.0 Å². The minimum Gasteiger partial charge on any atom is -0.351 e. The van der Waals surface area contributed by atoms with Crippen molar-refractivity contribution in [3.05, 3.63) is 62.6 Å². The van der Waals surface area contributed by atoms with Crippen LogP contribution in [0.4, 0.5) is 0 Å². The Kier molecular flexibility index (Phi) is 8.14. The molecule has 1 aromatic carbocycles. The van der Waals surface area contributed by atoms with Gasteiger partial charge in [-0.3, -0.25) is 28.9 Å². The van der Waals surface area contributed by atoms with E-state index in [2.05, 4.69) is 27.0 Å². The summed E-state index contributed by atoms with van der Waals surface area (Å²) in [5.41, 5.74) is 1.24. The van der Waals surface area contributed by atoms with Crippen LogP contribution in [-0.4, -0.2) is 67.5 Å². The van der Waals surface area contributed by atoms with Crippen molar-refractivity contribution in [2.24, 2.45) is 0 Å². The molecule has 1 amide bonds. The standard InChI is InChI=1S/C25H35N7O3/c1-3-5-11-32-23-22(24(34)28-25(32)35)31(4-2)20(27-23)17-29-12-14-30(15-13-29)18-21(33)26-16-19-9-7-6-8-10-19/h6-10H,3-5,11-18H2,1-2H3,(H,26,33)(H,28,34,35). The Morgan fingerprint density at radius 2 is 1.74 bits per heavy atom. The maximum absolute atomic E-state index is 12.6.